The van der Waals surface area contributed by atoms with Crippen LogP contribution in [0.15, 0.2) is 65.7 Å². The molecule has 1 aromatic heterocycles. The largest absolute Gasteiger partial charge is 0.256 e. The van der Waals surface area contributed by atoms with Crippen LogP contribution in [0.3, 0.4) is 0 Å². The Bertz CT molecular complexity index is 983. The molecule has 0 saturated carbocycles. The van der Waals surface area contributed by atoms with Gasteiger partial charge in [0.25, 0.3) is 0 Å². The van der Waals surface area contributed by atoms with Crippen LogP contribution in [0, 0.1) is 0 Å². The molecule has 25 heavy (non-hydrogen) atoms. The van der Waals surface area contributed by atoms with Gasteiger partial charge in [-0.05, 0) is 34.7 Å². The minimum absolute atomic E-state index is 0.00958. The van der Waals surface area contributed by atoms with E-state index in [9.17, 15) is 8.42 Å². The molecule has 3 rings (SSSR count). The van der Waals surface area contributed by atoms with Crippen molar-refractivity contribution in [2.24, 2.45) is 0 Å². The first-order chi connectivity index (χ1) is 11.8. The maximum atomic E-state index is 12.6. The van der Waals surface area contributed by atoms with Crippen LogP contribution >= 0.6 is 0 Å². The average Bonchev–Trinajstić information content (AvgIpc) is 2.59. The molecule has 2 aromatic carbocycles. The number of nitrogens with zero attached hydrogens (tertiary/aromatic N) is 1. The van der Waals surface area contributed by atoms with Gasteiger partial charge in [0, 0.05) is 18.1 Å². The van der Waals surface area contributed by atoms with E-state index in [-0.39, 0.29) is 16.9 Å². The van der Waals surface area contributed by atoms with Crippen molar-refractivity contribution in [2.45, 2.75) is 37.6 Å². The van der Waals surface area contributed by atoms with Crippen LogP contribution in [-0.2, 0) is 22.0 Å². The second kappa shape index (κ2) is 6.58. The molecule has 0 bridgehead atoms. The predicted octanol–water partition coefficient (Wildman–Crippen LogP) is 4.01. The van der Waals surface area contributed by atoms with Crippen molar-refractivity contribution < 1.29 is 8.42 Å². The number of fused-ring (bicyclic) bond motifs is 1. The molecule has 3 aromatic rings. The van der Waals surface area contributed by atoms with Crippen molar-refractivity contribution in [3.05, 3.63) is 71.9 Å². The van der Waals surface area contributed by atoms with Crippen LogP contribution in [0.2, 0.25) is 0 Å². The highest BCUT2D eigenvalue weighted by Crippen LogP contribution is 2.23. The predicted molar refractivity (Wildman–Crippen MR) is 101 cm³/mol. The van der Waals surface area contributed by atoms with Crippen LogP contribution in [0.1, 0.15) is 31.9 Å². The number of benzene rings is 2. The second-order valence-corrected chi connectivity index (χ2v) is 8.86. The number of hydrogen-bond donors (Lipinski definition) is 1. The number of sulfonamides is 1. The minimum Gasteiger partial charge on any atom is -0.256 e. The summed E-state index contributed by atoms with van der Waals surface area (Å²) in [5.74, 6) is 0. The zero-order valence-corrected chi connectivity index (χ0v) is 15.5. The van der Waals surface area contributed by atoms with Gasteiger partial charge in [-0.15, -0.1) is 0 Å². The summed E-state index contributed by atoms with van der Waals surface area (Å²) in [6.07, 6.45) is 1.71. The highest BCUT2D eigenvalue weighted by Gasteiger charge is 2.17. The zero-order valence-electron chi connectivity index (χ0n) is 14.7. The summed E-state index contributed by atoms with van der Waals surface area (Å²) in [4.78, 5) is 4.63. The van der Waals surface area contributed by atoms with Gasteiger partial charge in [-0.3, -0.25) is 4.98 Å². The quantitative estimate of drug-likeness (QED) is 0.770. The molecule has 0 fully saturated rings. The van der Waals surface area contributed by atoms with Crippen molar-refractivity contribution in [2.75, 3.05) is 0 Å². The number of rotatable bonds is 4. The summed E-state index contributed by atoms with van der Waals surface area (Å²) in [5.41, 5.74) is 2.76. The third-order valence-electron chi connectivity index (χ3n) is 4.20. The monoisotopic (exact) mass is 354 g/mol. The summed E-state index contributed by atoms with van der Waals surface area (Å²) in [6, 6.07) is 16.6. The number of aromatic nitrogens is 1. The van der Waals surface area contributed by atoms with E-state index in [1.807, 2.05) is 42.5 Å². The number of para-hydroxylation sites is 1. The van der Waals surface area contributed by atoms with E-state index in [0.717, 1.165) is 22.0 Å². The van der Waals surface area contributed by atoms with E-state index in [0.29, 0.717) is 0 Å². The second-order valence-electron chi connectivity index (χ2n) is 7.09. The topological polar surface area (TPSA) is 59.1 Å². The minimum atomic E-state index is -3.57. The summed E-state index contributed by atoms with van der Waals surface area (Å²) < 4.78 is 27.8. The lowest BCUT2D eigenvalue weighted by Crippen LogP contribution is -2.23. The molecule has 1 N–H and O–H groups in total. The molecule has 0 aliphatic rings. The van der Waals surface area contributed by atoms with Gasteiger partial charge >= 0.3 is 0 Å². The molecule has 0 aliphatic carbocycles. The Labute approximate surface area is 149 Å². The Morgan fingerprint density at radius 1 is 0.960 bits per heavy atom. The summed E-state index contributed by atoms with van der Waals surface area (Å²) in [7, 11) is -3.57. The molecule has 130 valence electrons. The first-order valence-corrected chi connectivity index (χ1v) is 9.68. The SMILES string of the molecule is CC(C)(C)c1ccc(S(=O)(=O)NCc2cccc3cccnc23)cc1. The lowest BCUT2D eigenvalue weighted by Gasteiger charge is -2.19. The molecule has 0 unspecified atom stereocenters. The molecule has 0 aliphatic heterocycles. The first-order valence-electron chi connectivity index (χ1n) is 8.20. The van der Waals surface area contributed by atoms with E-state index in [4.69, 9.17) is 0 Å². The normalized spacial score (nSPS) is 12.4. The van der Waals surface area contributed by atoms with E-state index >= 15 is 0 Å². The standard InChI is InChI=1S/C20H22N2O2S/c1-20(2,3)17-9-11-18(12-10-17)25(23,24)22-14-16-7-4-6-15-8-5-13-21-19(15)16/h4-13,22H,14H2,1-3H3. The van der Waals surface area contributed by atoms with Crippen LogP contribution in [0.25, 0.3) is 10.9 Å². The molecular formula is C20H22N2O2S. The fraction of sp³-hybridized carbons (Fsp3) is 0.250. The third kappa shape index (κ3) is 3.89. The molecule has 0 radical (unpaired) electrons. The number of hydrogen-bond acceptors (Lipinski definition) is 3. The molecule has 0 spiro atoms. The van der Waals surface area contributed by atoms with Crippen LogP contribution < -0.4 is 4.72 Å². The average molecular weight is 354 g/mol. The van der Waals surface area contributed by atoms with E-state index in [1.54, 1.807) is 18.3 Å². The highest BCUT2D eigenvalue weighted by atomic mass is 32.2. The lowest BCUT2D eigenvalue weighted by molar-refractivity contribution is 0.578. The van der Waals surface area contributed by atoms with E-state index in [2.05, 4.69) is 30.5 Å². The summed E-state index contributed by atoms with van der Waals surface area (Å²) in [5, 5.41) is 0.994. The van der Waals surface area contributed by atoms with Crippen molar-refractivity contribution in [1.29, 1.82) is 0 Å². The van der Waals surface area contributed by atoms with Crippen molar-refractivity contribution in [3.63, 3.8) is 0 Å². The highest BCUT2D eigenvalue weighted by molar-refractivity contribution is 7.89. The van der Waals surface area contributed by atoms with E-state index < -0.39 is 10.0 Å². The van der Waals surface area contributed by atoms with Gasteiger partial charge in [0.15, 0.2) is 0 Å². The van der Waals surface area contributed by atoms with Gasteiger partial charge in [0.2, 0.25) is 10.0 Å². The lowest BCUT2D eigenvalue weighted by atomic mass is 9.87. The van der Waals surface area contributed by atoms with Crippen LogP contribution in [0.4, 0.5) is 0 Å². The Hall–Kier alpha value is -2.24. The molecule has 0 saturated heterocycles. The summed E-state index contributed by atoms with van der Waals surface area (Å²) in [6.45, 7) is 6.50. The molecular weight excluding hydrogens is 332 g/mol. The van der Waals surface area contributed by atoms with Gasteiger partial charge in [-0.2, -0.15) is 0 Å². The van der Waals surface area contributed by atoms with Gasteiger partial charge in [-0.1, -0.05) is 57.2 Å². The molecule has 1 heterocycles. The molecule has 4 nitrogen and oxygen atoms in total. The molecule has 0 amide bonds. The Kier molecular flexibility index (Phi) is 4.62. The maximum absolute atomic E-state index is 12.6. The summed E-state index contributed by atoms with van der Waals surface area (Å²) >= 11 is 0. The Morgan fingerprint density at radius 2 is 1.64 bits per heavy atom. The Balaban J connectivity index is 1.82. The fourth-order valence-corrected chi connectivity index (χ4v) is 3.71. The Morgan fingerprint density at radius 3 is 2.32 bits per heavy atom. The molecule has 0 atom stereocenters. The third-order valence-corrected chi connectivity index (χ3v) is 5.62. The van der Waals surface area contributed by atoms with Crippen molar-refractivity contribution in [1.82, 2.24) is 9.71 Å². The zero-order chi connectivity index (χ0) is 18.1. The van der Waals surface area contributed by atoms with Gasteiger partial charge < -0.3 is 0 Å². The van der Waals surface area contributed by atoms with Gasteiger partial charge in [-0.25, -0.2) is 13.1 Å². The van der Waals surface area contributed by atoms with Gasteiger partial charge in [0.05, 0.1) is 10.4 Å². The van der Waals surface area contributed by atoms with E-state index in [1.165, 1.54) is 0 Å². The number of nitrogens with one attached hydrogen (secondary N) is 1. The smallest absolute Gasteiger partial charge is 0.240 e. The van der Waals surface area contributed by atoms with Gasteiger partial charge in [0.1, 0.15) is 0 Å². The molecule has 5 heteroatoms. The van der Waals surface area contributed by atoms with Crippen molar-refractivity contribution in [3.8, 4) is 0 Å². The number of pyridine rings is 1. The maximum Gasteiger partial charge on any atom is 0.240 e. The van der Waals surface area contributed by atoms with Crippen LogP contribution in [-0.4, -0.2) is 13.4 Å². The first kappa shape index (κ1) is 17.6. The van der Waals surface area contributed by atoms with Crippen LogP contribution in [0.5, 0.6) is 0 Å². The fourth-order valence-electron chi connectivity index (χ4n) is 2.70. The van der Waals surface area contributed by atoms with Crippen molar-refractivity contribution >= 4 is 20.9 Å².